The lowest BCUT2D eigenvalue weighted by molar-refractivity contribution is 0.355. The monoisotopic (exact) mass is 309 g/mol. The lowest BCUT2D eigenvalue weighted by atomic mass is 10.1. The van der Waals surface area contributed by atoms with Crippen LogP contribution in [0.25, 0.3) is 16.9 Å². The third-order valence-corrected chi connectivity index (χ3v) is 3.65. The van der Waals surface area contributed by atoms with E-state index in [4.69, 9.17) is 15.2 Å². The van der Waals surface area contributed by atoms with Crippen molar-refractivity contribution in [2.45, 2.75) is 6.54 Å². The number of aromatic nitrogens is 2. The van der Waals surface area contributed by atoms with Crippen molar-refractivity contribution in [3.63, 3.8) is 0 Å². The third kappa shape index (κ3) is 2.91. The molecule has 2 aromatic carbocycles. The maximum atomic E-state index is 5.77. The Hall–Kier alpha value is -2.79. The van der Waals surface area contributed by atoms with Crippen LogP contribution in [0.4, 0.5) is 0 Å². The standard InChI is InChI=1S/C18H19N3O2/c1-22-17-9-8-13(10-18(17)23-2)16-11-14(12-19)20-21(16)15-6-4-3-5-7-15/h3-11H,12,19H2,1-2H3. The molecule has 0 saturated heterocycles. The maximum Gasteiger partial charge on any atom is 0.161 e. The molecular formula is C18H19N3O2. The summed E-state index contributed by atoms with van der Waals surface area (Å²) in [5.74, 6) is 1.38. The number of hydrogen-bond acceptors (Lipinski definition) is 4. The average molecular weight is 309 g/mol. The van der Waals surface area contributed by atoms with E-state index >= 15 is 0 Å². The van der Waals surface area contributed by atoms with Crippen LogP contribution in [0, 0.1) is 0 Å². The molecule has 0 saturated carbocycles. The topological polar surface area (TPSA) is 62.3 Å². The Labute approximate surface area is 135 Å². The van der Waals surface area contributed by atoms with Crippen LogP contribution in [0.1, 0.15) is 5.69 Å². The Morgan fingerprint density at radius 3 is 2.35 bits per heavy atom. The highest BCUT2D eigenvalue weighted by atomic mass is 16.5. The van der Waals surface area contributed by atoms with Crippen LogP contribution < -0.4 is 15.2 Å². The molecule has 1 aromatic heterocycles. The van der Waals surface area contributed by atoms with Crippen molar-refractivity contribution in [2.75, 3.05) is 14.2 Å². The van der Waals surface area contributed by atoms with Gasteiger partial charge in [-0.3, -0.25) is 0 Å². The Morgan fingerprint density at radius 1 is 0.957 bits per heavy atom. The minimum atomic E-state index is 0.389. The number of nitrogens with two attached hydrogens (primary N) is 1. The molecule has 3 aromatic rings. The Balaban J connectivity index is 2.14. The number of rotatable bonds is 5. The van der Waals surface area contributed by atoms with Crippen molar-refractivity contribution >= 4 is 0 Å². The molecule has 2 N–H and O–H groups in total. The van der Waals surface area contributed by atoms with E-state index in [9.17, 15) is 0 Å². The highest BCUT2D eigenvalue weighted by Crippen LogP contribution is 2.33. The first-order chi connectivity index (χ1) is 11.3. The number of para-hydroxylation sites is 1. The fraction of sp³-hybridized carbons (Fsp3) is 0.167. The zero-order valence-corrected chi connectivity index (χ0v) is 13.2. The van der Waals surface area contributed by atoms with E-state index in [1.165, 1.54) is 0 Å². The first kappa shape index (κ1) is 15.1. The second-order valence-electron chi connectivity index (χ2n) is 5.04. The third-order valence-electron chi connectivity index (χ3n) is 3.65. The van der Waals surface area contributed by atoms with Crippen molar-refractivity contribution in [1.29, 1.82) is 0 Å². The van der Waals surface area contributed by atoms with Gasteiger partial charge in [0.25, 0.3) is 0 Å². The van der Waals surface area contributed by atoms with E-state index < -0.39 is 0 Å². The molecule has 0 unspecified atom stereocenters. The van der Waals surface area contributed by atoms with E-state index in [1.807, 2.05) is 59.3 Å². The summed E-state index contributed by atoms with van der Waals surface area (Å²) in [7, 11) is 3.25. The number of ether oxygens (including phenoxy) is 2. The van der Waals surface area contributed by atoms with E-state index in [1.54, 1.807) is 14.2 Å². The fourth-order valence-corrected chi connectivity index (χ4v) is 2.50. The van der Waals surface area contributed by atoms with Gasteiger partial charge in [-0.25, -0.2) is 4.68 Å². The lowest BCUT2D eigenvalue weighted by Crippen LogP contribution is -2.01. The van der Waals surface area contributed by atoms with Gasteiger partial charge in [-0.15, -0.1) is 0 Å². The molecule has 0 aliphatic rings. The molecule has 0 amide bonds. The summed E-state index contributed by atoms with van der Waals surface area (Å²) >= 11 is 0. The van der Waals surface area contributed by atoms with Crippen LogP contribution in [0.2, 0.25) is 0 Å². The summed E-state index contributed by atoms with van der Waals surface area (Å²) in [5, 5.41) is 4.59. The van der Waals surface area contributed by atoms with Gasteiger partial charge in [0.2, 0.25) is 0 Å². The molecule has 118 valence electrons. The molecule has 0 aliphatic carbocycles. The van der Waals surface area contributed by atoms with Gasteiger partial charge in [-0.05, 0) is 36.4 Å². The average Bonchev–Trinajstić information content (AvgIpc) is 3.06. The Bertz CT molecular complexity index is 797. The number of methoxy groups -OCH3 is 2. The van der Waals surface area contributed by atoms with Gasteiger partial charge in [0.1, 0.15) is 0 Å². The quantitative estimate of drug-likeness (QED) is 0.787. The second-order valence-corrected chi connectivity index (χ2v) is 5.04. The first-order valence-corrected chi connectivity index (χ1v) is 7.33. The van der Waals surface area contributed by atoms with Gasteiger partial charge in [-0.2, -0.15) is 5.10 Å². The molecule has 0 aliphatic heterocycles. The first-order valence-electron chi connectivity index (χ1n) is 7.33. The van der Waals surface area contributed by atoms with Crippen molar-refractivity contribution in [1.82, 2.24) is 9.78 Å². The molecule has 5 heteroatoms. The normalized spacial score (nSPS) is 10.6. The van der Waals surface area contributed by atoms with Crippen molar-refractivity contribution in [2.24, 2.45) is 5.73 Å². The van der Waals surface area contributed by atoms with Crippen LogP contribution in [-0.4, -0.2) is 24.0 Å². The van der Waals surface area contributed by atoms with Crippen molar-refractivity contribution in [3.8, 4) is 28.4 Å². The summed E-state index contributed by atoms with van der Waals surface area (Å²) in [6.07, 6.45) is 0. The fourth-order valence-electron chi connectivity index (χ4n) is 2.50. The minimum absolute atomic E-state index is 0.389. The van der Waals surface area contributed by atoms with Gasteiger partial charge < -0.3 is 15.2 Å². The van der Waals surface area contributed by atoms with Crippen LogP contribution in [0.15, 0.2) is 54.6 Å². The molecule has 0 bridgehead atoms. The van der Waals surface area contributed by atoms with E-state index in [-0.39, 0.29) is 0 Å². The summed E-state index contributed by atoms with van der Waals surface area (Å²) in [4.78, 5) is 0. The van der Waals surface area contributed by atoms with E-state index in [0.717, 1.165) is 22.6 Å². The molecule has 5 nitrogen and oxygen atoms in total. The van der Waals surface area contributed by atoms with Gasteiger partial charge >= 0.3 is 0 Å². The number of benzene rings is 2. The number of nitrogens with zero attached hydrogens (tertiary/aromatic N) is 2. The molecule has 0 radical (unpaired) electrons. The summed E-state index contributed by atoms with van der Waals surface area (Å²) in [5.41, 5.74) is 9.53. The van der Waals surface area contributed by atoms with Crippen LogP contribution in [-0.2, 0) is 6.54 Å². The van der Waals surface area contributed by atoms with Gasteiger partial charge in [0.05, 0.1) is 31.3 Å². The largest absolute Gasteiger partial charge is 0.493 e. The molecule has 23 heavy (non-hydrogen) atoms. The van der Waals surface area contributed by atoms with E-state index in [2.05, 4.69) is 5.10 Å². The maximum absolute atomic E-state index is 5.77. The minimum Gasteiger partial charge on any atom is -0.493 e. The second kappa shape index (κ2) is 6.54. The summed E-state index contributed by atoms with van der Waals surface area (Å²) in [6.45, 7) is 0.389. The van der Waals surface area contributed by atoms with Gasteiger partial charge in [0, 0.05) is 12.1 Å². The van der Waals surface area contributed by atoms with Crippen LogP contribution in [0.3, 0.4) is 0 Å². The zero-order valence-electron chi connectivity index (χ0n) is 13.2. The lowest BCUT2D eigenvalue weighted by Gasteiger charge is -2.11. The molecule has 3 rings (SSSR count). The van der Waals surface area contributed by atoms with E-state index in [0.29, 0.717) is 18.0 Å². The van der Waals surface area contributed by atoms with Gasteiger partial charge in [-0.1, -0.05) is 18.2 Å². The zero-order chi connectivity index (χ0) is 16.2. The smallest absolute Gasteiger partial charge is 0.161 e. The molecule has 1 heterocycles. The van der Waals surface area contributed by atoms with Crippen LogP contribution in [0.5, 0.6) is 11.5 Å². The predicted octanol–water partition coefficient (Wildman–Crippen LogP) is 3.02. The highest BCUT2D eigenvalue weighted by molar-refractivity contribution is 5.66. The Kier molecular flexibility index (Phi) is 4.30. The SMILES string of the molecule is COc1ccc(-c2cc(CN)nn2-c2ccccc2)cc1OC. The van der Waals surface area contributed by atoms with Crippen molar-refractivity contribution in [3.05, 3.63) is 60.3 Å². The number of hydrogen-bond donors (Lipinski definition) is 1. The summed E-state index contributed by atoms with van der Waals surface area (Å²) in [6, 6.07) is 17.8. The Morgan fingerprint density at radius 2 is 1.70 bits per heavy atom. The van der Waals surface area contributed by atoms with Gasteiger partial charge in [0.15, 0.2) is 11.5 Å². The molecule has 0 fully saturated rings. The van der Waals surface area contributed by atoms with Crippen molar-refractivity contribution < 1.29 is 9.47 Å². The molecule has 0 spiro atoms. The molecular weight excluding hydrogens is 290 g/mol. The molecule has 0 atom stereocenters. The predicted molar refractivity (Wildman–Crippen MR) is 90.0 cm³/mol. The highest BCUT2D eigenvalue weighted by Gasteiger charge is 2.13. The summed E-state index contributed by atoms with van der Waals surface area (Å²) < 4.78 is 12.6. The van der Waals surface area contributed by atoms with Crippen LogP contribution >= 0.6 is 0 Å².